The molecule has 13 heavy (non-hydrogen) atoms. The first-order chi connectivity index (χ1) is 6.22. The molecule has 0 atom stereocenters. The fourth-order valence-corrected chi connectivity index (χ4v) is 1.41. The summed E-state index contributed by atoms with van der Waals surface area (Å²) in [4.78, 5) is 5.61. The minimum atomic E-state index is -0.167. The molecule has 0 unspecified atom stereocenters. The Morgan fingerprint density at radius 1 is 1.46 bits per heavy atom. The quantitative estimate of drug-likeness (QED) is 0.633. The van der Waals surface area contributed by atoms with E-state index in [1.54, 1.807) is 18.2 Å². The molecule has 64 valence electrons. The van der Waals surface area contributed by atoms with Crippen LogP contribution in [0.4, 0.5) is 5.69 Å². The highest BCUT2D eigenvalue weighted by Crippen LogP contribution is 2.36. The van der Waals surface area contributed by atoms with Crippen LogP contribution in [-0.2, 0) is 0 Å². The van der Waals surface area contributed by atoms with E-state index in [1.165, 1.54) is 0 Å². The predicted octanol–water partition coefficient (Wildman–Crippen LogP) is 3.01. The van der Waals surface area contributed by atoms with Crippen molar-refractivity contribution in [2.75, 3.05) is 0 Å². The molecule has 1 aromatic heterocycles. The summed E-state index contributed by atoms with van der Waals surface area (Å²) in [5, 5.41) is 19.0. The minimum absolute atomic E-state index is 0.109. The molecule has 1 heterocycles. The summed E-state index contributed by atoms with van der Waals surface area (Å²) in [6, 6.07) is 5.00. The number of nitrogens with one attached hydrogen (secondary N) is 1. The fourth-order valence-electron chi connectivity index (χ4n) is 1.24. The van der Waals surface area contributed by atoms with Crippen LogP contribution < -0.4 is 0 Å². The number of H-pyrrole nitrogens is 1. The molecule has 0 aliphatic carbocycles. The summed E-state index contributed by atoms with van der Waals surface area (Å²) >= 11 is 5.74. The second kappa shape index (κ2) is 2.64. The molecule has 0 bridgehead atoms. The van der Waals surface area contributed by atoms with E-state index in [0.29, 0.717) is 15.9 Å². The van der Waals surface area contributed by atoms with Gasteiger partial charge in [0.15, 0.2) is 4.98 Å². The molecule has 0 saturated heterocycles. The molecule has 0 spiro atoms. The Hall–Kier alpha value is -1.73. The summed E-state index contributed by atoms with van der Waals surface area (Å²) in [6.07, 6.45) is 0. The van der Waals surface area contributed by atoms with Gasteiger partial charge in [-0.2, -0.15) is 0 Å². The standard InChI is InChI=1S/C8H4ClN3O/c9-4-1-2-6-5(3-4)7(12-10)8(13)11-6/h1-3,10H/p+1. The first kappa shape index (κ1) is 7.90. The SMILES string of the molecule is N#[N+]c1c(O)[nH]c2ccc(Cl)cc12. The number of fused-ring (bicyclic) bond motifs is 1. The van der Waals surface area contributed by atoms with Crippen molar-refractivity contribution in [2.24, 2.45) is 0 Å². The number of benzene rings is 1. The third-order valence-electron chi connectivity index (χ3n) is 1.81. The van der Waals surface area contributed by atoms with Crippen molar-refractivity contribution < 1.29 is 5.11 Å². The average molecular weight is 195 g/mol. The lowest BCUT2D eigenvalue weighted by Crippen LogP contribution is -1.66. The molecule has 0 radical (unpaired) electrons. The van der Waals surface area contributed by atoms with Crippen molar-refractivity contribution in [3.05, 3.63) is 28.2 Å². The van der Waals surface area contributed by atoms with Gasteiger partial charge in [-0.3, -0.25) is 0 Å². The predicted molar refractivity (Wildman–Crippen MR) is 49.7 cm³/mol. The number of aromatic nitrogens is 1. The molecule has 2 N–H and O–H groups in total. The van der Waals surface area contributed by atoms with Crippen molar-refractivity contribution in [3.63, 3.8) is 0 Å². The lowest BCUT2D eigenvalue weighted by molar-refractivity contribution is 0.461. The molecule has 5 heteroatoms. The van der Waals surface area contributed by atoms with Gasteiger partial charge >= 0.3 is 5.69 Å². The highest BCUT2D eigenvalue weighted by atomic mass is 35.5. The van der Waals surface area contributed by atoms with Gasteiger partial charge < -0.3 is 10.1 Å². The van der Waals surface area contributed by atoms with Gasteiger partial charge in [-0.15, -0.1) is 0 Å². The molecular weight excluding hydrogens is 190 g/mol. The van der Waals surface area contributed by atoms with Crippen LogP contribution in [-0.4, -0.2) is 10.1 Å². The number of nitrogens with zero attached hydrogens (tertiary/aromatic N) is 2. The van der Waals surface area contributed by atoms with Crippen LogP contribution in [0.15, 0.2) is 18.2 Å². The number of diazo groups is 1. The smallest absolute Gasteiger partial charge is 0.453 e. The lowest BCUT2D eigenvalue weighted by Gasteiger charge is -1.86. The summed E-state index contributed by atoms with van der Waals surface area (Å²) < 4.78 is 0. The number of aromatic hydroxyl groups is 1. The van der Waals surface area contributed by atoms with Gasteiger partial charge in [-0.05, 0) is 18.2 Å². The van der Waals surface area contributed by atoms with Gasteiger partial charge in [-0.25, -0.2) is 0 Å². The van der Waals surface area contributed by atoms with Crippen molar-refractivity contribution in [1.82, 2.24) is 4.98 Å². The Kier molecular flexibility index (Phi) is 1.61. The fraction of sp³-hybridized carbons (Fsp3) is 0. The number of halogens is 1. The summed E-state index contributed by atoms with van der Waals surface area (Å²) in [6.45, 7) is 0. The van der Waals surface area contributed by atoms with Gasteiger partial charge in [0.2, 0.25) is 5.39 Å². The zero-order valence-corrected chi connectivity index (χ0v) is 7.21. The van der Waals surface area contributed by atoms with Crippen LogP contribution in [0, 0.1) is 5.39 Å². The zero-order valence-electron chi connectivity index (χ0n) is 6.45. The topological polar surface area (TPSA) is 64.2 Å². The zero-order chi connectivity index (χ0) is 9.42. The molecule has 0 amide bonds. The van der Waals surface area contributed by atoms with Gasteiger partial charge in [-0.1, -0.05) is 11.6 Å². The number of hydrogen-bond donors (Lipinski definition) is 2. The summed E-state index contributed by atoms with van der Waals surface area (Å²) in [5.74, 6) is -0.167. The second-order valence-corrected chi connectivity index (χ2v) is 3.05. The van der Waals surface area contributed by atoms with Crippen molar-refractivity contribution >= 4 is 28.2 Å². The van der Waals surface area contributed by atoms with E-state index >= 15 is 0 Å². The van der Waals surface area contributed by atoms with E-state index in [9.17, 15) is 5.11 Å². The molecule has 1 aromatic carbocycles. The molecule has 0 saturated carbocycles. The van der Waals surface area contributed by atoms with Gasteiger partial charge in [0, 0.05) is 5.02 Å². The molecule has 2 aromatic rings. The van der Waals surface area contributed by atoms with E-state index in [2.05, 4.69) is 9.96 Å². The normalized spacial score (nSPS) is 10.2. The van der Waals surface area contributed by atoms with Crippen molar-refractivity contribution in [2.45, 2.75) is 0 Å². The van der Waals surface area contributed by atoms with E-state index in [4.69, 9.17) is 17.0 Å². The molecular formula is C8H5ClN3O+. The summed E-state index contributed by atoms with van der Waals surface area (Å²) in [5.41, 5.74) is 0.784. The van der Waals surface area contributed by atoms with Crippen LogP contribution in [0.5, 0.6) is 5.88 Å². The monoisotopic (exact) mass is 194 g/mol. The third-order valence-corrected chi connectivity index (χ3v) is 2.05. The van der Waals surface area contributed by atoms with Crippen LogP contribution in [0.1, 0.15) is 0 Å². The molecule has 0 aliphatic rings. The molecule has 0 aliphatic heterocycles. The Bertz CT molecular complexity index is 512. The average Bonchev–Trinajstić information content (AvgIpc) is 2.40. The highest BCUT2D eigenvalue weighted by Gasteiger charge is 2.21. The van der Waals surface area contributed by atoms with E-state index in [1.807, 2.05) is 0 Å². The van der Waals surface area contributed by atoms with E-state index < -0.39 is 0 Å². The third kappa shape index (κ3) is 1.10. The highest BCUT2D eigenvalue weighted by molar-refractivity contribution is 6.31. The molecule has 4 nitrogen and oxygen atoms in total. The Balaban J connectivity index is 2.91. The first-order valence-corrected chi connectivity index (χ1v) is 3.95. The van der Waals surface area contributed by atoms with Crippen molar-refractivity contribution in [1.29, 1.82) is 5.39 Å². The van der Waals surface area contributed by atoms with Gasteiger partial charge in [0.1, 0.15) is 5.39 Å². The summed E-state index contributed by atoms with van der Waals surface area (Å²) in [7, 11) is 0. The largest absolute Gasteiger partial charge is 0.489 e. The lowest BCUT2D eigenvalue weighted by atomic mass is 10.2. The first-order valence-electron chi connectivity index (χ1n) is 3.57. The molecule has 2 rings (SSSR count). The molecule has 0 fully saturated rings. The maximum Gasteiger partial charge on any atom is 0.453 e. The Morgan fingerprint density at radius 3 is 2.92 bits per heavy atom. The maximum atomic E-state index is 9.27. The Morgan fingerprint density at radius 2 is 2.23 bits per heavy atom. The van der Waals surface area contributed by atoms with Crippen LogP contribution in [0.2, 0.25) is 5.02 Å². The van der Waals surface area contributed by atoms with Gasteiger partial charge in [0.25, 0.3) is 5.88 Å². The Labute approximate surface area is 78.4 Å². The second-order valence-electron chi connectivity index (χ2n) is 2.61. The number of rotatable bonds is 0. The number of hydrogen-bond acceptors (Lipinski definition) is 2. The van der Waals surface area contributed by atoms with Gasteiger partial charge in [0.05, 0.1) is 5.52 Å². The van der Waals surface area contributed by atoms with E-state index in [0.717, 1.165) is 0 Å². The maximum absolute atomic E-state index is 9.27. The van der Waals surface area contributed by atoms with Crippen LogP contribution >= 0.6 is 11.6 Å². The van der Waals surface area contributed by atoms with Crippen LogP contribution in [0.25, 0.3) is 15.9 Å². The van der Waals surface area contributed by atoms with Crippen molar-refractivity contribution in [3.8, 4) is 5.88 Å². The minimum Gasteiger partial charge on any atom is -0.489 e. The van der Waals surface area contributed by atoms with Crippen LogP contribution in [0.3, 0.4) is 0 Å². The van der Waals surface area contributed by atoms with E-state index in [-0.39, 0.29) is 11.6 Å². The number of aromatic amines is 1.